The lowest BCUT2D eigenvalue weighted by Crippen LogP contribution is -2.17. The molecule has 0 spiro atoms. The molecule has 188 valence electrons. The number of aromatic nitrogens is 1. The van der Waals surface area contributed by atoms with Crippen LogP contribution in [0.5, 0.6) is 11.5 Å². The molecule has 3 rings (SSSR count). The van der Waals surface area contributed by atoms with Crippen molar-refractivity contribution in [1.29, 1.82) is 0 Å². The zero-order chi connectivity index (χ0) is 26.6. The summed E-state index contributed by atoms with van der Waals surface area (Å²) in [5.74, 6) is -3.22. The molecule has 10 heteroatoms. The highest BCUT2D eigenvalue weighted by atomic mass is 19.4. The number of carbonyl (C=O) groups is 2. The Labute approximate surface area is 203 Å². The molecule has 36 heavy (non-hydrogen) atoms. The standard InChI is InChI=1S/C26H21F4NO5/c1-4-5-6-7-15(2)25(34)24-16(3)31(18-10-17(27)11-20(12-18)35-14-23(32)33)22-13-19(8-9-21(22)24)36-26(28,29)30/h4-13H,2,14H2,1,3H3,(H,32,33)/b5-4-,7-6-. The molecular weight excluding hydrogens is 482 g/mol. The number of aliphatic carboxylic acids is 1. The molecular formula is C26H21F4NO5. The molecule has 0 fully saturated rings. The molecule has 0 saturated carbocycles. The van der Waals surface area contributed by atoms with Crippen LogP contribution in [0.3, 0.4) is 0 Å². The van der Waals surface area contributed by atoms with Gasteiger partial charge in [-0.1, -0.05) is 30.9 Å². The van der Waals surface area contributed by atoms with E-state index >= 15 is 0 Å². The Morgan fingerprint density at radius 1 is 1.11 bits per heavy atom. The number of carboxylic acids is 1. The molecule has 3 aromatic rings. The Hall–Kier alpha value is -4.34. The number of carboxylic acid groups (broad SMARTS) is 1. The number of carbonyl (C=O) groups excluding carboxylic acids is 1. The molecule has 0 aliphatic carbocycles. The number of ketones is 1. The van der Waals surface area contributed by atoms with Gasteiger partial charge in [-0.25, -0.2) is 9.18 Å². The van der Waals surface area contributed by atoms with E-state index < -0.39 is 36.3 Å². The Morgan fingerprint density at radius 2 is 1.83 bits per heavy atom. The zero-order valence-corrected chi connectivity index (χ0v) is 19.2. The van der Waals surface area contributed by atoms with Gasteiger partial charge in [-0.15, -0.1) is 13.2 Å². The van der Waals surface area contributed by atoms with Gasteiger partial charge in [0.05, 0.1) is 16.8 Å². The first-order chi connectivity index (χ1) is 16.9. The van der Waals surface area contributed by atoms with E-state index in [0.29, 0.717) is 0 Å². The summed E-state index contributed by atoms with van der Waals surface area (Å²) in [6.07, 6.45) is 1.60. The number of nitrogens with zero attached hydrogens (tertiary/aromatic N) is 1. The molecule has 0 radical (unpaired) electrons. The van der Waals surface area contributed by atoms with E-state index in [1.165, 1.54) is 22.8 Å². The first kappa shape index (κ1) is 26.3. The molecule has 1 heterocycles. The van der Waals surface area contributed by atoms with Crippen LogP contribution in [0, 0.1) is 12.7 Å². The van der Waals surface area contributed by atoms with Crippen LogP contribution in [-0.4, -0.2) is 34.4 Å². The molecule has 6 nitrogen and oxygen atoms in total. The number of rotatable bonds is 9. The summed E-state index contributed by atoms with van der Waals surface area (Å²) in [5, 5.41) is 9.13. The summed E-state index contributed by atoms with van der Waals surface area (Å²) < 4.78 is 63.5. The van der Waals surface area contributed by atoms with Gasteiger partial charge in [0.25, 0.3) is 0 Å². The number of benzene rings is 2. The summed E-state index contributed by atoms with van der Waals surface area (Å²) in [4.78, 5) is 24.1. The van der Waals surface area contributed by atoms with Gasteiger partial charge >= 0.3 is 12.3 Å². The summed E-state index contributed by atoms with van der Waals surface area (Å²) in [6.45, 7) is 6.38. The molecule has 1 N–H and O–H groups in total. The van der Waals surface area contributed by atoms with E-state index in [0.717, 1.165) is 24.3 Å². The molecule has 0 atom stereocenters. The van der Waals surface area contributed by atoms with Crippen molar-refractivity contribution in [1.82, 2.24) is 4.57 Å². The van der Waals surface area contributed by atoms with Gasteiger partial charge < -0.3 is 19.1 Å². The third-order valence-corrected chi connectivity index (χ3v) is 5.01. The first-order valence-electron chi connectivity index (χ1n) is 10.5. The number of Topliss-reactive ketones (excluding diaryl/α,β-unsaturated/α-hetero) is 1. The Kier molecular flexibility index (Phi) is 7.67. The van der Waals surface area contributed by atoms with Crippen molar-refractivity contribution in [3.63, 3.8) is 0 Å². The normalized spacial score (nSPS) is 11.9. The van der Waals surface area contributed by atoms with Gasteiger partial charge in [0, 0.05) is 34.9 Å². The van der Waals surface area contributed by atoms with Crippen molar-refractivity contribution >= 4 is 22.7 Å². The average Bonchev–Trinajstić information content (AvgIpc) is 3.06. The number of hydrogen-bond donors (Lipinski definition) is 1. The van der Waals surface area contributed by atoms with Crippen LogP contribution >= 0.6 is 0 Å². The second kappa shape index (κ2) is 10.5. The Bertz CT molecular complexity index is 1400. The fourth-order valence-electron chi connectivity index (χ4n) is 3.64. The van der Waals surface area contributed by atoms with Crippen molar-refractivity contribution in [2.45, 2.75) is 20.2 Å². The summed E-state index contributed by atoms with van der Waals surface area (Å²) in [5.41, 5.74) is 0.773. The maximum absolute atomic E-state index is 14.4. The van der Waals surface area contributed by atoms with E-state index in [2.05, 4.69) is 11.3 Å². The number of allylic oxidation sites excluding steroid dienone is 5. The molecule has 0 aliphatic rings. The highest BCUT2D eigenvalue weighted by Gasteiger charge is 2.32. The van der Waals surface area contributed by atoms with Crippen molar-refractivity contribution in [2.24, 2.45) is 0 Å². The number of ether oxygens (including phenoxy) is 2. The van der Waals surface area contributed by atoms with Gasteiger partial charge in [-0.2, -0.15) is 0 Å². The monoisotopic (exact) mass is 503 g/mol. The molecule has 0 aliphatic heterocycles. The largest absolute Gasteiger partial charge is 0.573 e. The van der Waals surface area contributed by atoms with E-state index in [9.17, 15) is 27.2 Å². The lowest BCUT2D eigenvalue weighted by Gasteiger charge is -2.13. The summed E-state index contributed by atoms with van der Waals surface area (Å²) in [7, 11) is 0. The van der Waals surface area contributed by atoms with Crippen LogP contribution in [-0.2, 0) is 4.79 Å². The van der Waals surface area contributed by atoms with Crippen LogP contribution < -0.4 is 9.47 Å². The SMILES string of the molecule is C=C(/C=C\C=C/C)C(=O)c1c(C)n(-c2cc(F)cc(OCC(=O)O)c2)c2cc(OC(F)(F)F)ccc12. The molecule has 2 aromatic carbocycles. The topological polar surface area (TPSA) is 77.8 Å². The van der Waals surface area contributed by atoms with E-state index in [-0.39, 0.29) is 39.2 Å². The molecule has 0 bridgehead atoms. The van der Waals surface area contributed by atoms with Crippen LogP contribution in [0.1, 0.15) is 23.0 Å². The molecule has 0 unspecified atom stereocenters. The second-order valence-electron chi connectivity index (χ2n) is 7.59. The van der Waals surface area contributed by atoms with Crippen molar-refractivity contribution in [2.75, 3.05) is 6.61 Å². The fourth-order valence-corrected chi connectivity index (χ4v) is 3.64. The maximum atomic E-state index is 14.4. The third kappa shape index (κ3) is 6.01. The average molecular weight is 503 g/mol. The fraction of sp³-hybridized carbons (Fsp3) is 0.154. The van der Waals surface area contributed by atoms with Gasteiger partial charge in [-0.05, 0) is 32.0 Å². The quantitative estimate of drug-likeness (QED) is 0.160. The maximum Gasteiger partial charge on any atom is 0.573 e. The molecule has 1 aromatic heterocycles. The minimum Gasteiger partial charge on any atom is -0.482 e. The van der Waals surface area contributed by atoms with Crippen LogP contribution in [0.2, 0.25) is 0 Å². The smallest absolute Gasteiger partial charge is 0.482 e. The van der Waals surface area contributed by atoms with Crippen LogP contribution in [0.4, 0.5) is 17.6 Å². The summed E-state index contributed by atoms with van der Waals surface area (Å²) in [6, 6.07) is 6.80. The predicted octanol–water partition coefficient (Wildman–Crippen LogP) is 6.31. The number of alkyl halides is 3. The molecule has 0 amide bonds. The second-order valence-corrected chi connectivity index (χ2v) is 7.59. The van der Waals surface area contributed by atoms with Gasteiger partial charge in [-0.3, -0.25) is 4.79 Å². The number of hydrogen-bond acceptors (Lipinski definition) is 4. The minimum atomic E-state index is -4.96. The lowest BCUT2D eigenvalue weighted by atomic mass is 10.0. The Morgan fingerprint density at radius 3 is 2.47 bits per heavy atom. The van der Waals surface area contributed by atoms with Gasteiger partial charge in [0.15, 0.2) is 12.4 Å². The van der Waals surface area contributed by atoms with Crippen LogP contribution in [0.15, 0.2) is 72.9 Å². The van der Waals surface area contributed by atoms with Gasteiger partial charge in [0.1, 0.15) is 17.3 Å². The highest BCUT2D eigenvalue weighted by Crippen LogP contribution is 2.35. The van der Waals surface area contributed by atoms with E-state index in [1.54, 1.807) is 32.1 Å². The van der Waals surface area contributed by atoms with Crippen molar-refractivity contribution < 1.29 is 41.7 Å². The highest BCUT2D eigenvalue weighted by molar-refractivity contribution is 6.18. The van der Waals surface area contributed by atoms with Crippen molar-refractivity contribution in [3.05, 3.63) is 89.9 Å². The van der Waals surface area contributed by atoms with E-state index in [1.807, 2.05) is 0 Å². The first-order valence-corrected chi connectivity index (χ1v) is 10.5. The number of fused-ring (bicyclic) bond motifs is 1. The summed E-state index contributed by atoms with van der Waals surface area (Å²) >= 11 is 0. The lowest BCUT2D eigenvalue weighted by molar-refractivity contribution is -0.274. The van der Waals surface area contributed by atoms with E-state index in [4.69, 9.17) is 9.84 Å². The number of halogens is 4. The third-order valence-electron chi connectivity index (χ3n) is 5.01. The Balaban J connectivity index is 2.25. The van der Waals surface area contributed by atoms with Crippen LogP contribution in [0.25, 0.3) is 16.6 Å². The molecule has 0 saturated heterocycles. The van der Waals surface area contributed by atoms with Gasteiger partial charge in [0.2, 0.25) is 0 Å². The van der Waals surface area contributed by atoms with Crippen molar-refractivity contribution in [3.8, 4) is 17.2 Å². The predicted molar refractivity (Wildman–Crippen MR) is 125 cm³/mol. The minimum absolute atomic E-state index is 0.0937. The zero-order valence-electron chi connectivity index (χ0n) is 19.2.